The van der Waals surface area contributed by atoms with Gasteiger partial charge < -0.3 is 14.7 Å². The third-order valence-corrected chi connectivity index (χ3v) is 8.16. The summed E-state index contributed by atoms with van der Waals surface area (Å²) in [5, 5.41) is 11.0. The zero-order valence-corrected chi connectivity index (χ0v) is 20.7. The van der Waals surface area contributed by atoms with E-state index in [1.807, 2.05) is 55.3 Å². The van der Waals surface area contributed by atoms with Crippen LogP contribution >= 0.6 is 0 Å². The van der Waals surface area contributed by atoms with Crippen molar-refractivity contribution in [2.75, 3.05) is 25.0 Å². The summed E-state index contributed by atoms with van der Waals surface area (Å²) in [6, 6.07) is 15.3. The van der Waals surface area contributed by atoms with E-state index in [4.69, 9.17) is 4.74 Å². The molecule has 2 aromatic carbocycles. The van der Waals surface area contributed by atoms with Gasteiger partial charge in [0.25, 0.3) is 0 Å². The molecule has 3 aromatic rings. The van der Waals surface area contributed by atoms with Crippen molar-refractivity contribution in [3.63, 3.8) is 0 Å². The number of para-hydroxylation sites is 1. The SMILES string of the molecule is Cc1cc(COc2ccc3c(c2)CCN3C(=O)C2C(C(=O)O)CC3(CC3)CN2C)c2ccccc2n1. The first kappa shape index (κ1) is 23.0. The number of hydrogen-bond acceptors (Lipinski definition) is 5. The highest BCUT2D eigenvalue weighted by Gasteiger charge is 2.55. The van der Waals surface area contributed by atoms with Crippen LogP contribution in [0.5, 0.6) is 5.75 Å². The maximum atomic E-state index is 13.7. The standard InChI is InChI=1S/C29H31N3O4/c1-18-13-20(22-5-3-4-6-24(22)30-18)16-36-21-7-8-25-19(14-21)9-12-32(25)27(33)26-23(28(34)35)15-29(10-11-29)17-31(26)2/h3-8,13-14,23,26H,9-12,15-17H2,1-2H3,(H,34,35). The van der Waals surface area contributed by atoms with Crippen molar-refractivity contribution in [1.29, 1.82) is 0 Å². The number of pyridine rings is 1. The Bertz CT molecular complexity index is 1370. The summed E-state index contributed by atoms with van der Waals surface area (Å²) in [6.07, 6.45) is 3.45. The number of benzene rings is 2. The number of carbonyl (C=O) groups excluding carboxylic acids is 1. The number of anilines is 1. The number of likely N-dealkylation sites (N-methyl/N-ethyl adjacent to an activating group) is 1. The quantitative estimate of drug-likeness (QED) is 0.583. The van der Waals surface area contributed by atoms with Gasteiger partial charge in [-0.05, 0) is 81.0 Å². The van der Waals surface area contributed by atoms with Gasteiger partial charge in [0.15, 0.2) is 0 Å². The Hall–Kier alpha value is -3.45. The molecule has 0 radical (unpaired) electrons. The van der Waals surface area contributed by atoms with Crippen LogP contribution < -0.4 is 9.64 Å². The first-order chi connectivity index (χ1) is 17.3. The van der Waals surface area contributed by atoms with Crippen LogP contribution in [0.3, 0.4) is 0 Å². The number of carboxylic acid groups (broad SMARTS) is 1. The van der Waals surface area contributed by atoms with Crippen molar-refractivity contribution in [2.24, 2.45) is 11.3 Å². The number of aromatic nitrogens is 1. The predicted octanol–water partition coefficient (Wildman–Crippen LogP) is 4.20. The van der Waals surface area contributed by atoms with Crippen molar-refractivity contribution in [3.8, 4) is 5.75 Å². The lowest BCUT2D eigenvalue weighted by Crippen LogP contribution is -2.57. The minimum Gasteiger partial charge on any atom is -0.489 e. The fourth-order valence-corrected chi connectivity index (χ4v) is 6.23. The molecule has 2 atom stereocenters. The molecule has 1 saturated carbocycles. The molecule has 0 bridgehead atoms. The Morgan fingerprint density at radius 2 is 1.97 bits per heavy atom. The van der Waals surface area contributed by atoms with Crippen LogP contribution in [0.4, 0.5) is 5.69 Å². The molecular formula is C29H31N3O4. The Morgan fingerprint density at radius 1 is 1.17 bits per heavy atom. The van der Waals surface area contributed by atoms with Gasteiger partial charge in [0.2, 0.25) is 5.91 Å². The van der Waals surface area contributed by atoms with Crippen LogP contribution in [0, 0.1) is 18.3 Å². The first-order valence-corrected chi connectivity index (χ1v) is 12.7. The molecule has 7 nitrogen and oxygen atoms in total. The number of fused-ring (bicyclic) bond motifs is 2. The third kappa shape index (κ3) is 4.01. The maximum absolute atomic E-state index is 13.7. The van der Waals surface area contributed by atoms with E-state index in [2.05, 4.69) is 17.1 Å². The van der Waals surface area contributed by atoms with Crippen LogP contribution in [-0.2, 0) is 22.6 Å². The van der Waals surface area contributed by atoms with Gasteiger partial charge >= 0.3 is 5.97 Å². The minimum atomic E-state index is -0.867. The van der Waals surface area contributed by atoms with Gasteiger partial charge in [0.05, 0.1) is 11.4 Å². The van der Waals surface area contributed by atoms with E-state index < -0.39 is 17.9 Å². The topological polar surface area (TPSA) is 83.0 Å². The largest absolute Gasteiger partial charge is 0.489 e. The van der Waals surface area contributed by atoms with Crippen LogP contribution in [-0.4, -0.2) is 53.0 Å². The number of piperidine rings is 1. The molecule has 2 aliphatic heterocycles. The Balaban J connectivity index is 1.20. The lowest BCUT2D eigenvalue weighted by molar-refractivity contribution is -0.151. The predicted molar refractivity (Wildman–Crippen MR) is 137 cm³/mol. The molecule has 1 spiro atoms. The van der Waals surface area contributed by atoms with Crippen molar-refractivity contribution < 1.29 is 19.4 Å². The number of nitrogens with zero attached hydrogens (tertiary/aromatic N) is 3. The van der Waals surface area contributed by atoms with E-state index in [0.717, 1.165) is 65.0 Å². The van der Waals surface area contributed by atoms with E-state index >= 15 is 0 Å². The Labute approximate surface area is 210 Å². The molecule has 36 heavy (non-hydrogen) atoms. The number of likely N-dealkylation sites (tertiary alicyclic amines) is 1. The molecular weight excluding hydrogens is 454 g/mol. The summed E-state index contributed by atoms with van der Waals surface area (Å²) < 4.78 is 6.17. The van der Waals surface area contributed by atoms with E-state index in [0.29, 0.717) is 19.6 Å². The smallest absolute Gasteiger partial charge is 0.308 e. The van der Waals surface area contributed by atoms with E-state index in [-0.39, 0.29) is 11.3 Å². The average Bonchev–Trinajstić information content (AvgIpc) is 3.45. The fourth-order valence-electron chi connectivity index (χ4n) is 6.23. The van der Waals surface area contributed by atoms with E-state index in [1.165, 1.54) is 0 Å². The first-order valence-electron chi connectivity index (χ1n) is 12.7. The number of hydrogen-bond donors (Lipinski definition) is 1. The zero-order chi connectivity index (χ0) is 25.0. The van der Waals surface area contributed by atoms with Crippen LogP contribution in [0.2, 0.25) is 0 Å². The monoisotopic (exact) mass is 485 g/mol. The number of ether oxygens (including phenoxy) is 1. The highest BCUT2D eigenvalue weighted by Crippen LogP contribution is 2.54. The third-order valence-electron chi connectivity index (χ3n) is 8.16. The zero-order valence-electron chi connectivity index (χ0n) is 20.7. The van der Waals surface area contributed by atoms with E-state index in [1.54, 1.807) is 4.90 Å². The number of rotatable bonds is 5. The van der Waals surface area contributed by atoms with Crippen molar-refractivity contribution in [3.05, 3.63) is 65.4 Å². The van der Waals surface area contributed by atoms with E-state index in [9.17, 15) is 14.7 Å². The van der Waals surface area contributed by atoms with Crippen LogP contribution in [0.1, 0.15) is 36.1 Å². The van der Waals surface area contributed by atoms with Gasteiger partial charge in [-0.25, -0.2) is 0 Å². The van der Waals surface area contributed by atoms with Gasteiger partial charge in [-0.2, -0.15) is 0 Å². The molecule has 1 N–H and O–H groups in total. The molecule has 1 aromatic heterocycles. The number of aryl methyl sites for hydroxylation is 1. The maximum Gasteiger partial charge on any atom is 0.308 e. The second kappa shape index (κ2) is 8.59. The molecule has 1 saturated heterocycles. The second-order valence-corrected chi connectivity index (χ2v) is 10.8. The molecule has 7 heteroatoms. The minimum absolute atomic E-state index is 0.0996. The van der Waals surface area contributed by atoms with Gasteiger partial charge in [0, 0.05) is 35.4 Å². The summed E-state index contributed by atoms with van der Waals surface area (Å²) >= 11 is 0. The van der Waals surface area contributed by atoms with Crippen LogP contribution in [0.15, 0.2) is 48.5 Å². The summed E-state index contributed by atoms with van der Waals surface area (Å²) in [5.41, 5.74) is 5.02. The van der Waals surface area contributed by atoms with Crippen molar-refractivity contribution in [1.82, 2.24) is 9.88 Å². The molecule has 186 valence electrons. The Morgan fingerprint density at radius 3 is 2.75 bits per heavy atom. The van der Waals surface area contributed by atoms with Crippen LogP contribution in [0.25, 0.3) is 10.9 Å². The fraction of sp³-hybridized carbons (Fsp3) is 0.414. The molecule has 2 unspecified atom stereocenters. The highest BCUT2D eigenvalue weighted by atomic mass is 16.5. The summed E-state index contributed by atoms with van der Waals surface area (Å²) in [7, 11) is 1.90. The Kier molecular flexibility index (Phi) is 5.48. The highest BCUT2D eigenvalue weighted by molar-refractivity contribution is 6.01. The molecule has 3 heterocycles. The number of amides is 1. The second-order valence-electron chi connectivity index (χ2n) is 10.8. The van der Waals surface area contributed by atoms with Gasteiger partial charge in [-0.3, -0.25) is 19.5 Å². The van der Waals surface area contributed by atoms with Crippen molar-refractivity contribution in [2.45, 2.75) is 45.3 Å². The molecule has 3 aliphatic rings. The number of carbonyl (C=O) groups is 2. The van der Waals surface area contributed by atoms with Gasteiger partial charge in [-0.15, -0.1) is 0 Å². The average molecular weight is 486 g/mol. The van der Waals surface area contributed by atoms with Crippen molar-refractivity contribution >= 4 is 28.5 Å². The normalized spacial score (nSPS) is 22.6. The molecule has 6 rings (SSSR count). The molecule has 1 aliphatic carbocycles. The lowest BCUT2D eigenvalue weighted by Gasteiger charge is -2.42. The van der Waals surface area contributed by atoms with Gasteiger partial charge in [0.1, 0.15) is 18.4 Å². The molecule has 2 fully saturated rings. The summed E-state index contributed by atoms with van der Waals surface area (Å²) in [5.74, 6) is -0.876. The number of carboxylic acids is 1. The molecule has 1 amide bonds. The lowest BCUT2D eigenvalue weighted by atomic mass is 9.80. The van der Waals surface area contributed by atoms with Gasteiger partial charge in [-0.1, -0.05) is 18.2 Å². The summed E-state index contributed by atoms with van der Waals surface area (Å²) in [6.45, 7) is 3.78. The summed E-state index contributed by atoms with van der Waals surface area (Å²) in [4.78, 5) is 34.1. The number of aliphatic carboxylic acids is 1.